The molecule has 180 valence electrons. The molecule has 1 aromatic rings. The van der Waals surface area contributed by atoms with E-state index >= 15 is 0 Å². The first-order valence-corrected chi connectivity index (χ1v) is 11.6. The van der Waals surface area contributed by atoms with E-state index in [9.17, 15) is 14.4 Å². The second-order valence-electron chi connectivity index (χ2n) is 7.01. The molecule has 1 aliphatic heterocycles. The number of hydrogen-bond acceptors (Lipinski definition) is 9. The van der Waals surface area contributed by atoms with Crippen LogP contribution in [0.5, 0.6) is 0 Å². The third-order valence-electron chi connectivity index (χ3n) is 4.35. The van der Waals surface area contributed by atoms with Crippen molar-refractivity contribution in [3.8, 4) is 0 Å². The van der Waals surface area contributed by atoms with E-state index in [0.717, 1.165) is 13.0 Å². The summed E-state index contributed by atoms with van der Waals surface area (Å²) in [7, 11) is 0. The highest BCUT2D eigenvalue weighted by atomic mass is 32.2. The minimum Gasteiger partial charge on any atom is -0.480 e. The monoisotopic (exact) mass is 473 g/mol. The van der Waals surface area contributed by atoms with E-state index in [1.54, 1.807) is 10.9 Å². The minimum absolute atomic E-state index is 0.0301. The van der Waals surface area contributed by atoms with Crippen LogP contribution in [-0.4, -0.2) is 94.6 Å². The first kappa shape index (κ1) is 26.0. The first-order valence-electron chi connectivity index (χ1n) is 10.5. The Hall–Kier alpha value is -2.22. The van der Waals surface area contributed by atoms with Gasteiger partial charge in [0.25, 0.3) is 0 Å². The average molecular weight is 474 g/mol. The number of carboxylic acid groups (broad SMARTS) is 1. The van der Waals surface area contributed by atoms with Crippen LogP contribution in [0.1, 0.15) is 25.5 Å². The molecule has 2 rings (SSSR count). The van der Waals surface area contributed by atoms with Gasteiger partial charge in [-0.2, -0.15) is 0 Å². The number of nitrogens with zero attached hydrogens (tertiary/aromatic N) is 3. The highest BCUT2D eigenvalue weighted by Crippen LogP contribution is 2.21. The molecule has 13 heteroatoms. The maximum atomic E-state index is 12.1. The summed E-state index contributed by atoms with van der Waals surface area (Å²) in [5.41, 5.74) is 0.584. The molecule has 1 aromatic heterocycles. The zero-order valence-electron chi connectivity index (χ0n) is 18.2. The molecule has 1 saturated heterocycles. The largest absolute Gasteiger partial charge is 0.480 e. The second kappa shape index (κ2) is 14.8. The van der Waals surface area contributed by atoms with Gasteiger partial charge in [0.05, 0.1) is 57.6 Å². The number of thioether (sulfide) groups is 1. The van der Waals surface area contributed by atoms with Crippen LogP contribution in [-0.2, 0) is 41.7 Å². The van der Waals surface area contributed by atoms with Crippen LogP contribution in [0.2, 0.25) is 0 Å². The molecule has 32 heavy (non-hydrogen) atoms. The first-order chi connectivity index (χ1) is 15.5. The van der Waals surface area contributed by atoms with Crippen LogP contribution >= 0.6 is 11.8 Å². The van der Waals surface area contributed by atoms with Gasteiger partial charge in [0.2, 0.25) is 11.8 Å². The molecule has 0 spiro atoms. The Morgan fingerprint density at radius 3 is 2.56 bits per heavy atom. The van der Waals surface area contributed by atoms with Crippen molar-refractivity contribution in [1.29, 1.82) is 0 Å². The van der Waals surface area contributed by atoms with Gasteiger partial charge in [-0.3, -0.25) is 9.59 Å². The SMILES string of the molecule is CCCOCCOCCOCCn1cc(CNC(=O)CC2SCC(C(=O)O)NC2=O)nn1. The Kier molecular flexibility index (Phi) is 12.0. The molecular weight excluding hydrogens is 442 g/mol. The molecular formula is C19H31N5O7S. The third-order valence-corrected chi connectivity index (χ3v) is 5.66. The van der Waals surface area contributed by atoms with Crippen LogP contribution in [0.25, 0.3) is 0 Å². The fourth-order valence-electron chi connectivity index (χ4n) is 2.68. The number of hydrogen-bond donors (Lipinski definition) is 3. The van der Waals surface area contributed by atoms with E-state index in [1.807, 2.05) is 0 Å². The van der Waals surface area contributed by atoms with Crippen molar-refractivity contribution in [2.24, 2.45) is 0 Å². The number of ether oxygens (including phenoxy) is 3. The minimum atomic E-state index is -1.08. The van der Waals surface area contributed by atoms with Gasteiger partial charge in [-0.05, 0) is 6.42 Å². The van der Waals surface area contributed by atoms with Crippen LogP contribution in [0.3, 0.4) is 0 Å². The number of aliphatic carboxylic acids is 1. The Morgan fingerprint density at radius 2 is 1.91 bits per heavy atom. The van der Waals surface area contributed by atoms with E-state index in [4.69, 9.17) is 19.3 Å². The zero-order valence-corrected chi connectivity index (χ0v) is 19.0. The molecule has 0 radical (unpaired) electrons. The van der Waals surface area contributed by atoms with Crippen molar-refractivity contribution in [2.75, 3.05) is 45.4 Å². The zero-order chi connectivity index (χ0) is 23.2. The molecule has 2 heterocycles. The maximum absolute atomic E-state index is 12.1. The van der Waals surface area contributed by atoms with Crippen LogP contribution < -0.4 is 10.6 Å². The lowest BCUT2D eigenvalue weighted by atomic mass is 10.2. The van der Waals surface area contributed by atoms with Crippen molar-refractivity contribution in [3.05, 3.63) is 11.9 Å². The second-order valence-corrected chi connectivity index (χ2v) is 8.25. The van der Waals surface area contributed by atoms with Crippen molar-refractivity contribution in [1.82, 2.24) is 25.6 Å². The lowest BCUT2D eigenvalue weighted by Gasteiger charge is -2.25. The lowest BCUT2D eigenvalue weighted by molar-refractivity contribution is -0.141. The predicted molar refractivity (Wildman–Crippen MR) is 115 cm³/mol. The van der Waals surface area contributed by atoms with Gasteiger partial charge in [0.1, 0.15) is 11.7 Å². The highest BCUT2D eigenvalue weighted by Gasteiger charge is 2.33. The van der Waals surface area contributed by atoms with E-state index in [-0.39, 0.29) is 24.6 Å². The molecule has 2 amide bonds. The number of rotatable bonds is 16. The summed E-state index contributed by atoms with van der Waals surface area (Å²) in [5.74, 6) is -1.60. The average Bonchev–Trinajstić information content (AvgIpc) is 3.22. The summed E-state index contributed by atoms with van der Waals surface area (Å²) < 4.78 is 17.8. The number of nitrogens with one attached hydrogen (secondary N) is 2. The Balaban J connectivity index is 1.54. The lowest BCUT2D eigenvalue weighted by Crippen LogP contribution is -2.51. The van der Waals surface area contributed by atoms with Gasteiger partial charge in [-0.25, -0.2) is 9.48 Å². The molecule has 1 fully saturated rings. The number of amides is 2. The fourth-order valence-corrected chi connectivity index (χ4v) is 3.82. The van der Waals surface area contributed by atoms with Gasteiger partial charge in [0.15, 0.2) is 0 Å². The van der Waals surface area contributed by atoms with Crippen molar-refractivity contribution in [2.45, 2.75) is 44.1 Å². The number of aromatic nitrogens is 3. The normalized spacial score (nSPS) is 18.3. The fraction of sp³-hybridized carbons (Fsp3) is 0.737. The van der Waals surface area contributed by atoms with Gasteiger partial charge >= 0.3 is 5.97 Å². The number of carbonyl (C=O) groups is 3. The molecule has 0 aromatic carbocycles. The highest BCUT2D eigenvalue weighted by molar-refractivity contribution is 8.00. The molecule has 2 atom stereocenters. The smallest absolute Gasteiger partial charge is 0.327 e. The van der Waals surface area contributed by atoms with Crippen molar-refractivity contribution < 1.29 is 33.7 Å². The van der Waals surface area contributed by atoms with Gasteiger partial charge < -0.3 is 30.0 Å². The molecule has 3 N–H and O–H groups in total. The van der Waals surface area contributed by atoms with Crippen LogP contribution in [0, 0.1) is 0 Å². The summed E-state index contributed by atoms with van der Waals surface area (Å²) in [5, 5.41) is 21.4. The summed E-state index contributed by atoms with van der Waals surface area (Å²) >= 11 is 1.17. The Bertz CT molecular complexity index is 733. The standard InChI is InChI=1S/C19H31N5O7S/c1-2-4-29-6-8-31-9-7-30-5-3-24-12-14(22-23-24)11-20-17(25)10-16-18(26)21-15(13-32-16)19(27)28/h12,15-16H,2-11,13H2,1H3,(H,20,25)(H,21,26)(H,27,28). The molecule has 0 bridgehead atoms. The number of carbonyl (C=O) groups excluding carboxylic acids is 2. The van der Waals surface area contributed by atoms with Crippen molar-refractivity contribution in [3.63, 3.8) is 0 Å². The van der Waals surface area contributed by atoms with Gasteiger partial charge in [0, 0.05) is 18.8 Å². The van der Waals surface area contributed by atoms with Crippen LogP contribution in [0.4, 0.5) is 0 Å². The third kappa shape index (κ3) is 9.94. The van der Waals surface area contributed by atoms with Crippen LogP contribution in [0.15, 0.2) is 6.20 Å². The van der Waals surface area contributed by atoms with Crippen molar-refractivity contribution >= 4 is 29.5 Å². The topological polar surface area (TPSA) is 154 Å². The van der Waals surface area contributed by atoms with E-state index in [2.05, 4.69) is 27.9 Å². The summed E-state index contributed by atoms with van der Waals surface area (Å²) in [6.45, 7) is 6.07. The molecule has 2 unspecified atom stereocenters. The Morgan fingerprint density at radius 1 is 1.22 bits per heavy atom. The molecule has 0 saturated carbocycles. The number of carboxylic acids is 1. The maximum Gasteiger partial charge on any atom is 0.327 e. The summed E-state index contributed by atoms with van der Waals surface area (Å²) in [6.07, 6.45) is 2.68. The van der Waals surface area contributed by atoms with E-state index < -0.39 is 23.2 Å². The van der Waals surface area contributed by atoms with E-state index in [1.165, 1.54) is 11.8 Å². The molecule has 1 aliphatic rings. The molecule has 0 aliphatic carbocycles. The quantitative estimate of drug-likeness (QED) is 0.266. The Labute approximate surface area is 190 Å². The van der Waals surface area contributed by atoms with E-state index in [0.29, 0.717) is 45.3 Å². The van der Waals surface area contributed by atoms with Gasteiger partial charge in [-0.1, -0.05) is 12.1 Å². The van der Waals surface area contributed by atoms with Gasteiger partial charge in [-0.15, -0.1) is 16.9 Å². The summed E-state index contributed by atoms with van der Waals surface area (Å²) in [4.78, 5) is 35.0. The predicted octanol–water partition coefficient (Wildman–Crippen LogP) is -0.571. The summed E-state index contributed by atoms with van der Waals surface area (Å²) in [6, 6.07) is -0.913. The molecule has 12 nitrogen and oxygen atoms in total.